The average molecular weight is 609 g/mol. The molecule has 10 rings (SSSR count). The lowest BCUT2D eigenvalue weighted by atomic mass is 9.65. The molecule has 8 aliphatic rings. The summed E-state index contributed by atoms with van der Waals surface area (Å²) in [5.74, 6) is 3.16. The molecule has 230 valence electrons. The van der Waals surface area contributed by atoms with Gasteiger partial charge in [-0.25, -0.2) is 0 Å². The molecule has 0 saturated heterocycles. The maximum absolute atomic E-state index is 6.83. The van der Waals surface area contributed by atoms with Crippen molar-refractivity contribution in [1.29, 1.82) is 0 Å². The Morgan fingerprint density at radius 2 is 1.64 bits per heavy atom. The van der Waals surface area contributed by atoms with E-state index in [0.29, 0.717) is 23.7 Å². The van der Waals surface area contributed by atoms with Crippen LogP contribution in [0.5, 0.6) is 5.75 Å². The first kappa shape index (κ1) is 27.5. The fourth-order valence-corrected chi connectivity index (χ4v) is 9.74. The van der Waals surface area contributed by atoms with Crippen LogP contribution in [0.4, 0.5) is 0 Å². The van der Waals surface area contributed by atoms with E-state index in [1.54, 1.807) is 0 Å². The highest BCUT2D eigenvalue weighted by Gasteiger charge is 2.45. The van der Waals surface area contributed by atoms with Gasteiger partial charge in [0, 0.05) is 29.2 Å². The lowest BCUT2D eigenvalue weighted by Gasteiger charge is -2.38. The summed E-state index contributed by atoms with van der Waals surface area (Å²) < 4.78 is 6.83. The Kier molecular flexibility index (Phi) is 6.42. The van der Waals surface area contributed by atoms with Crippen molar-refractivity contribution in [3.05, 3.63) is 178 Å². The molecule has 0 amide bonds. The van der Waals surface area contributed by atoms with Gasteiger partial charge in [0.15, 0.2) is 0 Å². The van der Waals surface area contributed by atoms with Crippen molar-refractivity contribution in [3.8, 4) is 5.75 Å². The normalized spacial score (nSPS) is 30.8. The Hall–Kier alpha value is -4.62. The number of rotatable bonds is 3. The molecule has 7 aliphatic carbocycles. The van der Waals surface area contributed by atoms with Gasteiger partial charge in [-0.3, -0.25) is 0 Å². The Bertz CT molecular complexity index is 2020. The molecule has 1 nitrogen and oxygen atoms in total. The van der Waals surface area contributed by atoms with E-state index in [0.717, 1.165) is 31.4 Å². The largest absolute Gasteiger partial charge is 0.488 e. The zero-order chi connectivity index (χ0) is 30.9. The number of ether oxygens (including phenoxy) is 1. The van der Waals surface area contributed by atoms with Gasteiger partial charge >= 0.3 is 0 Å². The first-order valence-electron chi connectivity index (χ1n) is 17.8. The van der Waals surface area contributed by atoms with Crippen molar-refractivity contribution >= 4 is 16.7 Å². The van der Waals surface area contributed by atoms with Gasteiger partial charge in [-0.05, 0) is 106 Å². The summed E-state index contributed by atoms with van der Waals surface area (Å²) in [6, 6.07) is 16.4. The van der Waals surface area contributed by atoms with Crippen LogP contribution in [0.2, 0.25) is 0 Å². The van der Waals surface area contributed by atoms with Crippen LogP contribution in [0, 0.1) is 23.7 Å². The minimum absolute atomic E-state index is 0.152. The van der Waals surface area contributed by atoms with Crippen LogP contribution >= 0.6 is 0 Å². The SMILES string of the molecule is C1=CCC2C(=C1)C(c1cccc3c1C1C=CC4C=CC=CC4C1O3)=C1CCC=CC1=C2c1ccc(C2=CC=C3C=CCCC3C2)cc1. The van der Waals surface area contributed by atoms with Crippen LogP contribution in [0.25, 0.3) is 16.7 Å². The predicted octanol–water partition coefficient (Wildman–Crippen LogP) is 11.2. The maximum atomic E-state index is 6.83. The van der Waals surface area contributed by atoms with E-state index in [4.69, 9.17) is 4.74 Å². The van der Waals surface area contributed by atoms with E-state index in [1.807, 2.05) is 0 Å². The van der Waals surface area contributed by atoms with E-state index in [-0.39, 0.29) is 12.0 Å². The van der Waals surface area contributed by atoms with Crippen LogP contribution in [-0.2, 0) is 0 Å². The van der Waals surface area contributed by atoms with Gasteiger partial charge in [0.25, 0.3) is 0 Å². The monoisotopic (exact) mass is 608 g/mol. The molecule has 6 atom stereocenters. The predicted molar refractivity (Wildman–Crippen MR) is 195 cm³/mol. The molecule has 0 radical (unpaired) electrons. The minimum atomic E-state index is 0.152. The first-order chi connectivity index (χ1) is 23.3. The lowest BCUT2D eigenvalue weighted by Crippen LogP contribution is -2.34. The molecule has 0 N–H and O–H groups in total. The average Bonchev–Trinajstić information content (AvgIpc) is 3.54. The zero-order valence-corrected chi connectivity index (χ0v) is 26.8. The highest BCUT2D eigenvalue weighted by molar-refractivity contribution is 5.98. The molecular formula is C46H40O. The Morgan fingerprint density at radius 1 is 0.745 bits per heavy atom. The summed E-state index contributed by atoms with van der Waals surface area (Å²) in [5.41, 5.74) is 15.9. The van der Waals surface area contributed by atoms with Crippen molar-refractivity contribution < 1.29 is 4.74 Å². The topological polar surface area (TPSA) is 9.23 Å². The second-order valence-electron chi connectivity index (χ2n) is 14.4. The highest BCUT2D eigenvalue weighted by Crippen LogP contribution is 2.56. The summed E-state index contributed by atoms with van der Waals surface area (Å²) in [6.45, 7) is 0. The number of allylic oxidation sites excluding steroid dienone is 20. The third-order valence-corrected chi connectivity index (χ3v) is 12.0. The summed E-state index contributed by atoms with van der Waals surface area (Å²) in [7, 11) is 0. The van der Waals surface area contributed by atoms with E-state index in [1.165, 1.54) is 74.1 Å². The van der Waals surface area contributed by atoms with Gasteiger partial charge < -0.3 is 4.74 Å². The van der Waals surface area contributed by atoms with Crippen LogP contribution in [-0.4, -0.2) is 6.10 Å². The smallest absolute Gasteiger partial charge is 0.124 e. The van der Waals surface area contributed by atoms with Gasteiger partial charge in [-0.15, -0.1) is 0 Å². The van der Waals surface area contributed by atoms with Gasteiger partial charge in [-0.2, -0.15) is 0 Å². The molecule has 2 aromatic rings. The van der Waals surface area contributed by atoms with Crippen LogP contribution in [0.3, 0.4) is 0 Å². The number of benzene rings is 2. The fourth-order valence-electron chi connectivity index (χ4n) is 9.74. The van der Waals surface area contributed by atoms with E-state index < -0.39 is 0 Å². The Labute approximate surface area is 278 Å². The van der Waals surface area contributed by atoms with Crippen molar-refractivity contribution in [2.75, 3.05) is 0 Å². The second kappa shape index (κ2) is 11.0. The molecule has 6 unspecified atom stereocenters. The summed E-state index contributed by atoms with van der Waals surface area (Å²) >= 11 is 0. The van der Waals surface area contributed by atoms with Gasteiger partial charge in [0.05, 0.1) is 0 Å². The van der Waals surface area contributed by atoms with Crippen LogP contribution < -0.4 is 4.74 Å². The second-order valence-corrected chi connectivity index (χ2v) is 14.4. The Morgan fingerprint density at radius 3 is 2.60 bits per heavy atom. The Balaban J connectivity index is 1.09. The zero-order valence-electron chi connectivity index (χ0n) is 26.8. The summed E-state index contributed by atoms with van der Waals surface area (Å²) in [4.78, 5) is 0. The standard InChI is InChI=1S/C46H40O/c1-2-12-33-28-34(25-22-29(33)10-1)30-20-23-32(24-21-30)43-36-14-5-7-16-38(36)44(39-17-8-6-15-37(39)43)40-18-9-19-42-45(40)41-27-26-31-11-3-4-13-35(31)46(41)47-42/h1,3-7,9-11,13,15-16,18-27,31,33,35-36,41,46H,2,8,12,14,17,28H2. The van der Waals surface area contributed by atoms with Crippen molar-refractivity contribution in [1.82, 2.24) is 0 Å². The molecular weight excluding hydrogens is 569 g/mol. The molecule has 1 aliphatic heterocycles. The van der Waals surface area contributed by atoms with Crippen LogP contribution in [0.15, 0.2) is 156 Å². The van der Waals surface area contributed by atoms with Gasteiger partial charge in [-0.1, -0.05) is 128 Å². The van der Waals surface area contributed by atoms with Crippen LogP contribution in [0.1, 0.15) is 66.7 Å². The summed E-state index contributed by atoms with van der Waals surface area (Å²) in [5, 5.41) is 0. The third-order valence-electron chi connectivity index (χ3n) is 12.0. The van der Waals surface area contributed by atoms with Crippen molar-refractivity contribution in [3.63, 3.8) is 0 Å². The molecule has 1 heteroatoms. The van der Waals surface area contributed by atoms with E-state index >= 15 is 0 Å². The van der Waals surface area contributed by atoms with Crippen molar-refractivity contribution in [2.45, 2.75) is 50.5 Å². The molecule has 0 bridgehead atoms. The molecule has 47 heavy (non-hydrogen) atoms. The molecule has 1 heterocycles. The number of hydrogen-bond acceptors (Lipinski definition) is 1. The maximum Gasteiger partial charge on any atom is 0.124 e. The quantitative estimate of drug-likeness (QED) is 0.315. The molecule has 2 aromatic carbocycles. The van der Waals surface area contributed by atoms with E-state index in [2.05, 4.69) is 134 Å². The first-order valence-corrected chi connectivity index (χ1v) is 17.8. The van der Waals surface area contributed by atoms with Gasteiger partial charge in [0.2, 0.25) is 0 Å². The summed E-state index contributed by atoms with van der Waals surface area (Å²) in [6.07, 6.45) is 42.2. The molecule has 0 aromatic heterocycles. The molecule has 0 saturated carbocycles. The molecule has 0 fully saturated rings. The lowest BCUT2D eigenvalue weighted by molar-refractivity contribution is 0.149. The molecule has 0 spiro atoms. The third kappa shape index (κ3) is 4.36. The fraction of sp³-hybridized carbons (Fsp3) is 0.261. The minimum Gasteiger partial charge on any atom is -0.488 e. The number of fused-ring (bicyclic) bond motifs is 8. The van der Waals surface area contributed by atoms with Crippen molar-refractivity contribution in [2.24, 2.45) is 23.7 Å². The highest BCUT2D eigenvalue weighted by atomic mass is 16.5. The van der Waals surface area contributed by atoms with Gasteiger partial charge in [0.1, 0.15) is 11.9 Å². The van der Waals surface area contributed by atoms with E-state index in [9.17, 15) is 0 Å². The number of hydrogen-bond donors (Lipinski definition) is 0.